The van der Waals surface area contributed by atoms with Gasteiger partial charge in [0, 0.05) is 26.2 Å². The van der Waals surface area contributed by atoms with E-state index in [0.717, 1.165) is 25.6 Å². The Hall–Kier alpha value is 0.230. The fourth-order valence-electron chi connectivity index (χ4n) is 1.66. The number of hydrogen-bond donors (Lipinski definition) is 2. The van der Waals surface area contributed by atoms with Crippen molar-refractivity contribution in [2.75, 3.05) is 38.3 Å². The first-order valence-electron chi connectivity index (χ1n) is 4.88. The molecule has 0 aromatic carbocycles. The minimum Gasteiger partial charge on any atom is -0.383 e. The molecule has 0 spiro atoms. The zero-order valence-corrected chi connectivity index (χ0v) is 9.11. The molecular formula is C9H20N2OS. The molecule has 3 N–H and O–H groups in total. The predicted molar refractivity (Wildman–Crippen MR) is 58.2 cm³/mol. The van der Waals surface area contributed by atoms with E-state index < -0.39 is 0 Å². The lowest BCUT2D eigenvalue weighted by Crippen LogP contribution is -2.43. The number of thioether (sulfide) groups is 1. The number of ether oxygens (including phenoxy) is 1. The van der Waals surface area contributed by atoms with Crippen molar-refractivity contribution >= 4 is 11.8 Å². The van der Waals surface area contributed by atoms with Crippen LogP contribution in [0.15, 0.2) is 0 Å². The third kappa shape index (κ3) is 3.85. The molecule has 1 fully saturated rings. The normalized spacial score (nSPS) is 24.9. The van der Waals surface area contributed by atoms with Gasteiger partial charge in [-0.2, -0.15) is 11.8 Å². The second-order valence-electron chi connectivity index (χ2n) is 3.41. The topological polar surface area (TPSA) is 47.3 Å². The maximum atomic E-state index is 5.72. The molecule has 1 aliphatic rings. The largest absolute Gasteiger partial charge is 0.383 e. The van der Waals surface area contributed by atoms with Crippen LogP contribution in [0, 0.1) is 5.92 Å². The summed E-state index contributed by atoms with van der Waals surface area (Å²) in [5, 5.41) is 3.45. The summed E-state index contributed by atoms with van der Waals surface area (Å²) in [4.78, 5) is 0. The van der Waals surface area contributed by atoms with Gasteiger partial charge in [-0.15, -0.1) is 0 Å². The molecule has 1 rings (SSSR count). The van der Waals surface area contributed by atoms with Gasteiger partial charge in [0.1, 0.15) is 0 Å². The highest BCUT2D eigenvalue weighted by molar-refractivity contribution is 7.99. The van der Waals surface area contributed by atoms with Crippen LogP contribution in [0.4, 0.5) is 0 Å². The maximum absolute atomic E-state index is 5.72. The van der Waals surface area contributed by atoms with Gasteiger partial charge in [-0.1, -0.05) is 0 Å². The highest BCUT2D eigenvalue weighted by atomic mass is 32.2. The fourth-order valence-corrected chi connectivity index (χ4v) is 3.00. The molecule has 3 nitrogen and oxygen atoms in total. The van der Waals surface area contributed by atoms with Crippen LogP contribution < -0.4 is 11.1 Å². The van der Waals surface area contributed by atoms with E-state index in [9.17, 15) is 0 Å². The zero-order chi connectivity index (χ0) is 9.52. The van der Waals surface area contributed by atoms with Crippen LogP contribution in [0.2, 0.25) is 0 Å². The van der Waals surface area contributed by atoms with Gasteiger partial charge in [-0.3, -0.25) is 0 Å². The standard InChI is InChI=1S/C9H20N2OS/c1-12-4-3-11-9(6-10)8-2-5-13-7-8/h8-9,11H,2-7,10H2,1H3. The first kappa shape index (κ1) is 11.3. The summed E-state index contributed by atoms with van der Waals surface area (Å²) in [6.07, 6.45) is 1.31. The van der Waals surface area contributed by atoms with Crippen molar-refractivity contribution in [3.05, 3.63) is 0 Å². The van der Waals surface area contributed by atoms with Gasteiger partial charge < -0.3 is 15.8 Å². The van der Waals surface area contributed by atoms with Gasteiger partial charge in [0.2, 0.25) is 0 Å². The third-order valence-corrected chi connectivity index (χ3v) is 3.69. The Bertz CT molecular complexity index is 129. The van der Waals surface area contributed by atoms with Crippen LogP contribution in [0.5, 0.6) is 0 Å². The monoisotopic (exact) mass is 204 g/mol. The highest BCUT2D eigenvalue weighted by Crippen LogP contribution is 2.25. The fraction of sp³-hybridized carbons (Fsp3) is 1.00. The molecule has 78 valence electrons. The summed E-state index contributed by atoms with van der Waals surface area (Å²) in [7, 11) is 1.73. The Labute approximate surface area is 84.8 Å². The van der Waals surface area contributed by atoms with Crippen LogP contribution in [0.3, 0.4) is 0 Å². The van der Waals surface area contributed by atoms with Crippen molar-refractivity contribution < 1.29 is 4.74 Å². The van der Waals surface area contributed by atoms with Crippen molar-refractivity contribution in [2.45, 2.75) is 12.5 Å². The van der Waals surface area contributed by atoms with E-state index in [1.54, 1.807) is 7.11 Å². The molecule has 0 saturated carbocycles. The molecule has 0 aliphatic carbocycles. The second-order valence-corrected chi connectivity index (χ2v) is 4.56. The van der Waals surface area contributed by atoms with Crippen molar-refractivity contribution in [3.8, 4) is 0 Å². The van der Waals surface area contributed by atoms with Crippen LogP contribution in [-0.4, -0.2) is 44.4 Å². The Morgan fingerprint density at radius 1 is 1.69 bits per heavy atom. The molecule has 2 unspecified atom stereocenters. The van der Waals surface area contributed by atoms with E-state index in [4.69, 9.17) is 10.5 Å². The molecule has 4 heteroatoms. The van der Waals surface area contributed by atoms with Crippen LogP contribution in [0.25, 0.3) is 0 Å². The summed E-state index contributed by atoms with van der Waals surface area (Å²) in [5.41, 5.74) is 5.72. The second kappa shape index (κ2) is 6.65. The number of hydrogen-bond acceptors (Lipinski definition) is 4. The Morgan fingerprint density at radius 2 is 2.54 bits per heavy atom. The van der Waals surface area contributed by atoms with E-state index in [0.29, 0.717) is 6.04 Å². The molecule has 0 amide bonds. The minimum atomic E-state index is 0.491. The van der Waals surface area contributed by atoms with Crippen molar-refractivity contribution in [2.24, 2.45) is 11.7 Å². The molecule has 0 aromatic rings. The van der Waals surface area contributed by atoms with Crippen molar-refractivity contribution in [1.29, 1.82) is 0 Å². The smallest absolute Gasteiger partial charge is 0.0587 e. The summed E-state index contributed by atoms with van der Waals surface area (Å²) in [5.74, 6) is 3.33. The number of rotatable bonds is 6. The number of methoxy groups -OCH3 is 1. The average Bonchev–Trinajstić information content (AvgIpc) is 2.65. The van der Waals surface area contributed by atoms with Crippen LogP contribution in [0.1, 0.15) is 6.42 Å². The van der Waals surface area contributed by atoms with Gasteiger partial charge in [0.05, 0.1) is 6.61 Å². The van der Waals surface area contributed by atoms with Gasteiger partial charge in [-0.25, -0.2) is 0 Å². The Morgan fingerprint density at radius 3 is 3.08 bits per heavy atom. The summed E-state index contributed by atoms with van der Waals surface area (Å²) in [6, 6.07) is 0.491. The van der Waals surface area contributed by atoms with Gasteiger partial charge in [0.25, 0.3) is 0 Å². The molecule has 13 heavy (non-hydrogen) atoms. The van der Waals surface area contributed by atoms with E-state index in [1.165, 1.54) is 17.9 Å². The number of nitrogens with two attached hydrogens (primary N) is 1. The van der Waals surface area contributed by atoms with Gasteiger partial charge >= 0.3 is 0 Å². The van der Waals surface area contributed by atoms with Gasteiger partial charge in [-0.05, 0) is 23.8 Å². The lowest BCUT2D eigenvalue weighted by molar-refractivity contribution is 0.192. The molecule has 1 aliphatic heterocycles. The van der Waals surface area contributed by atoms with E-state index in [-0.39, 0.29) is 0 Å². The summed E-state index contributed by atoms with van der Waals surface area (Å²) in [6.45, 7) is 2.44. The molecule has 0 bridgehead atoms. The van der Waals surface area contributed by atoms with Crippen molar-refractivity contribution in [1.82, 2.24) is 5.32 Å². The predicted octanol–water partition coefficient (Wildman–Crippen LogP) is 0.303. The van der Waals surface area contributed by atoms with E-state index >= 15 is 0 Å². The van der Waals surface area contributed by atoms with E-state index in [1.807, 2.05) is 11.8 Å². The lowest BCUT2D eigenvalue weighted by Gasteiger charge is -2.22. The van der Waals surface area contributed by atoms with Crippen LogP contribution >= 0.6 is 11.8 Å². The molecular weight excluding hydrogens is 184 g/mol. The lowest BCUT2D eigenvalue weighted by atomic mass is 9.99. The summed E-state index contributed by atoms with van der Waals surface area (Å²) < 4.78 is 4.99. The van der Waals surface area contributed by atoms with Gasteiger partial charge in [0.15, 0.2) is 0 Å². The third-order valence-electron chi connectivity index (χ3n) is 2.50. The zero-order valence-electron chi connectivity index (χ0n) is 8.29. The Balaban J connectivity index is 2.16. The molecule has 1 heterocycles. The SMILES string of the molecule is COCCNC(CN)C1CCSC1. The summed E-state index contributed by atoms with van der Waals surface area (Å²) >= 11 is 2.04. The highest BCUT2D eigenvalue weighted by Gasteiger charge is 2.23. The van der Waals surface area contributed by atoms with E-state index in [2.05, 4.69) is 5.32 Å². The van der Waals surface area contributed by atoms with Crippen LogP contribution in [-0.2, 0) is 4.74 Å². The Kier molecular flexibility index (Phi) is 5.78. The average molecular weight is 204 g/mol. The number of nitrogens with one attached hydrogen (secondary N) is 1. The first-order chi connectivity index (χ1) is 6.38. The minimum absolute atomic E-state index is 0.491. The molecule has 0 radical (unpaired) electrons. The maximum Gasteiger partial charge on any atom is 0.0587 e. The molecule has 1 saturated heterocycles. The quantitative estimate of drug-likeness (QED) is 0.611. The van der Waals surface area contributed by atoms with Crippen molar-refractivity contribution in [3.63, 3.8) is 0 Å². The molecule has 2 atom stereocenters. The molecule has 0 aromatic heterocycles. The first-order valence-corrected chi connectivity index (χ1v) is 6.04.